The van der Waals surface area contributed by atoms with Crippen LogP contribution in [0.2, 0.25) is 0 Å². The van der Waals surface area contributed by atoms with Crippen LogP contribution >= 0.6 is 11.6 Å². The molecule has 124 valence electrons. The molecule has 0 saturated heterocycles. The third kappa shape index (κ3) is 4.47. The van der Waals surface area contributed by atoms with Gasteiger partial charge in [0.1, 0.15) is 17.2 Å². The van der Waals surface area contributed by atoms with E-state index >= 15 is 0 Å². The van der Waals surface area contributed by atoms with Crippen LogP contribution in [-0.4, -0.2) is 0 Å². The summed E-state index contributed by atoms with van der Waals surface area (Å²) >= 11 is 4.74. The maximum absolute atomic E-state index is 13.8. The lowest BCUT2D eigenvalue weighted by molar-refractivity contribution is 0.0859. The molecule has 2 aromatic rings. The van der Waals surface area contributed by atoms with Gasteiger partial charge in [0.05, 0.1) is 0 Å². The molecule has 0 amide bonds. The van der Waals surface area contributed by atoms with E-state index in [-0.39, 0.29) is 5.56 Å². The molecular weight excluding hydrogens is 328 g/mol. The first kappa shape index (κ1) is 17.8. The van der Waals surface area contributed by atoms with E-state index in [0.29, 0.717) is 5.56 Å². The average molecular weight is 345 g/mol. The Hall–Kier alpha value is -1.55. The predicted molar refractivity (Wildman–Crippen MR) is 84.8 cm³/mol. The Kier molecular flexibility index (Phi) is 5.69. The monoisotopic (exact) mass is 344 g/mol. The lowest BCUT2D eigenvalue weighted by Crippen LogP contribution is -2.10. The highest BCUT2D eigenvalue weighted by Gasteiger charge is 2.35. The zero-order valence-electron chi connectivity index (χ0n) is 12.7. The van der Waals surface area contributed by atoms with Gasteiger partial charge in [-0.2, -0.15) is 8.78 Å². The van der Waals surface area contributed by atoms with E-state index in [1.165, 1.54) is 0 Å². The Labute approximate surface area is 138 Å². The van der Waals surface area contributed by atoms with Crippen molar-refractivity contribution >= 4 is 11.6 Å². The zero-order chi connectivity index (χ0) is 17.0. The summed E-state index contributed by atoms with van der Waals surface area (Å²) in [6, 6.07) is 8.97. The van der Waals surface area contributed by atoms with Crippen LogP contribution in [0.3, 0.4) is 0 Å². The molecule has 2 aromatic carbocycles. The van der Waals surface area contributed by atoms with Gasteiger partial charge in [0, 0.05) is 0 Å². The molecule has 0 aliphatic rings. The Morgan fingerprint density at radius 2 is 1.48 bits per heavy atom. The van der Waals surface area contributed by atoms with Gasteiger partial charge in [-0.15, -0.1) is 0 Å². The normalized spacial score (nSPS) is 11.7. The van der Waals surface area contributed by atoms with Crippen molar-refractivity contribution in [1.29, 1.82) is 0 Å². The van der Waals surface area contributed by atoms with Crippen LogP contribution in [0.5, 0.6) is 0 Å². The summed E-state index contributed by atoms with van der Waals surface area (Å²) in [6.07, 6.45) is 4.30. The van der Waals surface area contributed by atoms with E-state index < -0.39 is 22.6 Å². The minimum absolute atomic E-state index is 0.199. The van der Waals surface area contributed by atoms with Crippen molar-refractivity contribution in [2.45, 2.75) is 38.0 Å². The first-order valence-corrected chi connectivity index (χ1v) is 7.86. The number of halogens is 5. The summed E-state index contributed by atoms with van der Waals surface area (Å²) in [5, 5.41) is -4.07. The van der Waals surface area contributed by atoms with Crippen molar-refractivity contribution in [3.8, 4) is 11.1 Å². The molecule has 0 fully saturated rings. The van der Waals surface area contributed by atoms with Gasteiger partial charge in [-0.25, -0.2) is 8.78 Å². The second kappa shape index (κ2) is 7.35. The van der Waals surface area contributed by atoms with Gasteiger partial charge in [0.25, 0.3) is 0 Å². The van der Waals surface area contributed by atoms with Gasteiger partial charge in [-0.1, -0.05) is 44.0 Å². The second-order valence-electron chi connectivity index (χ2n) is 5.47. The lowest BCUT2D eigenvalue weighted by atomic mass is 10.00. The minimum Gasteiger partial charge on any atom is -0.206 e. The van der Waals surface area contributed by atoms with Crippen molar-refractivity contribution in [3.05, 3.63) is 59.2 Å². The van der Waals surface area contributed by atoms with E-state index in [0.717, 1.165) is 43.4 Å². The fraction of sp³-hybridized carbons (Fsp3) is 0.333. The van der Waals surface area contributed by atoms with E-state index in [4.69, 9.17) is 11.6 Å². The van der Waals surface area contributed by atoms with Crippen LogP contribution in [0, 0.1) is 11.6 Å². The number of unbranched alkanes of at least 4 members (excludes halogenated alkanes) is 2. The van der Waals surface area contributed by atoms with Crippen LogP contribution in [-0.2, 0) is 11.8 Å². The number of alkyl halides is 3. The van der Waals surface area contributed by atoms with E-state index in [9.17, 15) is 17.6 Å². The summed E-state index contributed by atoms with van der Waals surface area (Å²) in [6.45, 7) is 2.13. The number of aryl methyl sites for hydroxylation is 1. The number of hydrogen-bond donors (Lipinski definition) is 0. The maximum Gasteiger partial charge on any atom is 0.353 e. The molecule has 23 heavy (non-hydrogen) atoms. The Bertz CT molecular complexity index is 637. The van der Waals surface area contributed by atoms with Crippen molar-refractivity contribution in [2.75, 3.05) is 0 Å². The summed E-state index contributed by atoms with van der Waals surface area (Å²) < 4.78 is 53.5. The van der Waals surface area contributed by atoms with Crippen molar-refractivity contribution in [2.24, 2.45) is 0 Å². The first-order chi connectivity index (χ1) is 10.8. The standard InChI is InChI=1S/C18H17ClF4/c1-2-3-4-5-12-6-8-13(9-7-12)14-10-15(20)17(16(21)11-14)18(19,22)23/h6-11H,2-5H2,1H3. The molecule has 0 unspecified atom stereocenters. The lowest BCUT2D eigenvalue weighted by Gasteiger charge is -2.12. The molecule has 5 heteroatoms. The fourth-order valence-electron chi connectivity index (χ4n) is 2.45. The Morgan fingerprint density at radius 1 is 0.913 bits per heavy atom. The third-order valence-corrected chi connectivity index (χ3v) is 3.87. The molecule has 0 heterocycles. The van der Waals surface area contributed by atoms with Crippen LogP contribution < -0.4 is 0 Å². The van der Waals surface area contributed by atoms with Crippen molar-refractivity contribution in [1.82, 2.24) is 0 Å². The van der Waals surface area contributed by atoms with Crippen molar-refractivity contribution in [3.63, 3.8) is 0 Å². The van der Waals surface area contributed by atoms with Gasteiger partial charge < -0.3 is 0 Å². The molecule has 0 spiro atoms. The molecule has 0 atom stereocenters. The predicted octanol–water partition coefficient (Wildman–Crippen LogP) is 6.65. The molecule has 0 aromatic heterocycles. The Morgan fingerprint density at radius 3 is 1.96 bits per heavy atom. The average Bonchev–Trinajstić information content (AvgIpc) is 2.46. The summed E-state index contributed by atoms with van der Waals surface area (Å²) in [5.74, 6) is -2.71. The smallest absolute Gasteiger partial charge is 0.206 e. The Balaban J connectivity index is 2.25. The summed E-state index contributed by atoms with van der Waals surface area (Å²) in [5.41, 5.74) is 0.474. The topological polar surface area (TPSA) is 0 Å². The van der Waals surface area contributed by atoms with Gasteiger partial charge in [0.2, 0.25) is 0 Å². The number of hydrogen-bond acceptors (Lipinski definition) is 0. The van der Waals surface area contributed by atoms with E-state index in [1.54, 1.807) is 12.1 Å². The van der Waals surface area contributed by atoms with Crippen LogP contribution in [0.1, 0.15) is 37.3 Å². The minimum atomic E-state index is -4.07. The highest BCUT2D eigenvalue weighted by Crippen LogP contribution is 2.37. The molecular formula is C18H17ClF4. The van der Waals surface area contributed by atoms with Crippen LogP contribution in [0.4, 0.5) is 17.6 Å². The molecule has 0 aliphatic carbocycles. The molecule has 0 aliphatic heterocycles. The second-order valence-corrected chi connectivity index (χ2v) is 5.94. The highest BCUT2D eigenvalue weighted by molar-refractivity contribution is 6.21. The summed E-state index contributed by atoms with van der Waals surface area (Å²) in [4.78, 5) is 0. The molecule has 0 saturated carbocycles. The van der Waals surface area contributed by atoms with Gasteiger partial charge in [-0.05, 0) is 53.3 Å². The number of benzene rings is 2. The fourth-order valence-corrected chi connectivity index (χ4v) is 2.63. The van der Waals surface area contributed by atoms with Gasteiger partial charge >= 0.3 is 5.38 Å². The maximum atomic E-state index is 13.8. The quantitative estimate of drug-likeness (QED) is 0.312. The first-order valence-electron chi connectivity index (χ1n) is 7.48. The van der Waals surface area contributed by atoms with E-state index in [1.807, 2.05) is 12.1 Å². The number of rotatable bonds is 6. The molecule has 0 N–H and O–H groups in total. The van der Waals surface area contributed by atoms with Crippen molar-refractivity contribution < 1.29 is 17.6 Å². The molecule has 2 rings (SSSR count). The molecule has 0 bridgehead atoms. The van der Waals surface area contributed by atoms with Crippen LogP contribution in [0.25, 0.3) is 11.1 Å². The van der Waals surface area contributed by atoms with E-state index in [2.05, 4.69) is 6.92 Å². The highest BCUT2D eigenvalue weighted by atomic mass is 35.5. The largest absolute Gasteiger partial charge is 0.353 e. The van der Waals surface area contributed by atoms with Crippen LogP contribution in [0.15, 0.2) is 36.4 Å². The van der Waals surface area contributed by atoms with Gasteiger partial charge in [-0.3, -0.25) is 0 Å². The molecule has 0 nitrogen and oxygen atoms in total. The SMILES string of the molecule is CCCCCc1ccc(-c2cc(F)c(C(F)(F)Cl)c(F)c2)cc1. The van der Waals surface area contributed by atoms with Gasteiger partial charge in [0.15, 0.2) is 0 Å². The summed E-state index contributed by atoms with van der Waals surface area (Å²) in [7, 11) is 0. The third-order valence-electron chi connectivity index (χ3n) is 3.68. The zero-order valence-corrected chi connectivity index (χ0v) is 13.4. The molecule has 0 radical (unpaired) electrons.